The minimum absolute atomic E-state index is 0.0712. The summed E-state index contributed by atoms with van der Waals surface area (Å²) < 4.78 is 0. The summed E-state index contributed by atoms with van der Waals surface area (Å²) in [6.45, 7) is 6.40. The van der Waals surface area contributed by atoms with Gasteiger partial charge in [0.1, 0.15) is 5.03 Å². The molecule has 1 fully saturated rings. The van der Waals surface area contributed by atoms with E-state index in [0.717, 1.165) is 56.0 Å². The van der Waals surface area contributed by atoms with Crippen LogP contribution in [-0.4, -0.2) is 47.4 Å². The third kappa shape index (κ3) is 6.45. The molecule has 0 radical (unpaired) electrons. The van der Waals surface area contributed by atoms with E-state index in [1.165, 1.54) is 11.8 Å². The quantitative estimate of drug-likeness (QED) is 0.629. The van der Waals surface area contributed by atoms with Gasteiger partial charge in [0, 0.05) is 31.2 Å². The molecular formula is C22H29N5O2S. The van der Waals surface area contributed by atoms with Gasteiger partial charge >= 0.3 is 0 Å². The Balaban J connectivity index is 1.43. The van der Waals surface area contributed by atoms with Crippen molar-refractivity contribution in [3.05, 3.63) is 42.0 Å². The second-order valence-corrected chi connectivity index (χ2v) is 8.48. The van der Waals surface area contributed by atoms with Gasteiger partial charge in [-0.2, -0.15) is 0 Å². The van der Waals surface area contributed by atoms with E-state index < -0.39 is 0 Å². The molecule has 1 aliphatic rings. The molecule has 7 nitrogen and oxygen atoms in total. The number of thioether (sulfide) groups is 1. The fourth-order valence-corrected chi connectivity index (χ4v) is 3.91. The van der Waals surface area contributed by atoms with Gasteiger partial charge in [-0.15, -0.1) is 10.2 Å². The molecule has 1 saturated heterocycles. The predicted octanol–water partition coefficient (Wildman–Crippen LogP) is 3.26. The zero-order chi connectivity index (χ0) is 21.3. The Kier molecular flexibility index (Phi) is 8.07. The molecular weight excluding hydrogens is 398 g/mol. The summed E-state index contributed by atoms with van der Waals surface area (Å²) in [5.41, 5.74) is 1.95. The number of aryl methyl sites for hydroxylation is 1. The first-order chi connectivity index (χ1) is 14.5. The lowest BCUT2D eigenvalue weighted by Crippen LogP contribution is -2.41. The van der Waals surface area contributed by atoms with Crippen molar-refractivity contribution in [2.45, 2.75) is 38.1 Å². The highest BCUT2D eigenvalue weighted by Crippen LogP contribution is 2.23. The zero-order valence-corrected chi connectivity index (χ0v) is 18.4. The van der Waals surface area contributed by atoms with Crippen molar-refractivity contribution in [2.24, 2.45) is 5.92 Å². The van der Waals surface area contributed by atoms with Crippen molar-refractivity contribution in [1.82, 2.24) is 15.5 Å². The van der Waals surface area contributed by atoms with Crippen molar-refractivity contribution < 1.29 is 9.59 Å². The Labute approximate surface area is 182 Å². The Bertz CT molecular complexity index is 834. The second kappa shape index (κ2) is 11.0. The summed E-state index contributed by atoms with van der Waals surface area (Å²) in [6.07, 6.45) is 2.61. The average molecular weight is 428 g/mol. The number of amides is 2. The lowest BCUT2D eigenvalue weighted by molar-refractivity contribution is -0.125. The molecule has 3 rings (SSSR count). The first-order valence-electron chi connectivity index (χ1n) is 10.4. The number of hydrogen-bond acceptors (Lipinski definition) is 6. The van der Waals surface area contributed by atoms with E-state index in [1.54, 1.807) is 0 Å². The molecule has 0 saturated carbocycles. The van der Waals surface area contributed by atoms with Gasteiger partial charge in [0.2, 0.25) is 11.8 Å². The van der Waals surface area contributed by atoms with Crippen LogP contribution in [0.2, 0.25) is 0 Å². The number of anilines is 2. The zero-order valence-electron chi connectivity index (χ0n) is 17.6. The third-order valence-electron chi connectivity index (χ3n) is 5.05. The van der Waals surface area contributed by atoms with E-state index in [9.17, 15) is 9.59 Å². The topological polar surface area (TPSA) is 87.2 Å². The predicted molar refractivity (Wildman–Crippen MR) is 121 cm³/mol. The standard InChI is InChI=1S/C22H29N5O2S/c1-3-12-23-22(29)17-10-13-27(14-11-17)19-8-9-21(26-25-19)30-15-20(28)24-18-6-4-16(2)5-7-18/h4-9,17H,3,10-15H2,1-2H3,(H,23,29)(H,24,28). The molecule has 2 heterocycles. The molecule has 30 heavy (non-hydrogen) atoms. The van der Waals surface area contributed by atoms with Crippen molar-refractivity contribution in [2.75, 3.05) is 35.6 Å². The van der Waals surface area contributed by atoms with E-state index >= 15 is 0 Å². The summed E-state index contributed by atoms with van der Waals surface area (Å²) in [5.74, 6) is 1.27. The van der Waals surface area contributed by atoms with E-state index in [0.29, 0.717) is 5.03 Å². The number of nitrogens with one attached hydrogen (secondary N) is 2. The summed E-state index contributed by atoms with van der Waals surface area (Å²) >= 11 is 1.36. The van der Waals surface area contributed by atoms with Crippen LogP contribution in [-0.2, 0) is 9.59 Å². The van der Waals surface area contributed by atoms with Crippen LogP contribution in [0.4, 0.5) is 11.5 Å². The number of rotatable bonds is 8. The first kappa shape index (κ1) is 22.1. The molecule has 0 bridgehead atoms. The number of carbonyl (C=O) groups is 2. The highest BCUT2D eigenvalue weighted by Gasteiger charge is 2.25. The van der Waals surface area contributed by atoms with Crippen LogP contribution in [0, 0.1) is 12.8 Å². The van der Waals surface area contributed by atoms with E-state index in [-0.39, 0.29) is 23.5 Å². The Hall–Kier alpha value is -2.61. The van der Waals surface area contributed by atoms with Crippen molar-refractivity contribution in [3.8, 4) is 0 Å². The van der Waals surface area contributed by atoms with E-state index in [1.807, 2.05) is 43.3 Å². The maximum atomic E-state index is 12.1. The molecule has 160 valence electrons. The summed E-state index contributed by atoms with van der Waals surface area (Å²) in [4.78, 5) is 26.4. The molecule has 2 N–H and O–H groups in total. The average Bonchev–Trinajstić information content (AvgIpc) is 2.78. The van der Waals surface area contributed by atoms with E-state index in [2.05, 4.69) is 32.7 Å². The van der Waals surface area contributed by atoms with Crippen molar-refractivity contribution in [1.29, 1.82) is 0 Å². The molecule has 8 heteroatoms. The maximum Gasteiger partial charge on any atom is 0.234 e. The molecule has 2 amide bonds. The number of nitrogens with zero attached hydrogens (tertiary/aromatic N) is 3. The summed E-state index contributed by atoms with van der Waals surface area (Å²) in [7, 11) is 0. The molecule has 2 aromatic rings. The van der Waals surface area contributed by atoms with Gasteiger partial charge < -0.3 is 15.5 Å². The summed E-state index contributed by atoms with van der Waals surface area (Å²) in [5, 5.41) is 15.1. The van der Waals surface area contributed by atoms with Crippen LogP contribution in [0.1, 0.15) is 31.7 Å². The summed E-state index contributed by atoms with van der Waals surface area (Å²) in [6, 6.07) is 11.5. The highest BCUT2D eigenvalue weighted by molar-refractivity contribution is 7.99. The number of aromatic nitrogens is 2. The number of carbonyl (C=O) groups excluding carboxylic acids is 2. The largest absolute Gasteiger partial charge is 0.356 e. The lowest BCUT2D eigenvalue weighted by atomic mass is 9.96. The first-order valence-corrected chi connectivity index (χ1v) is 11.4. The van der Waals surface area contributed by atoms with Crippen LogP contribution < -0.4 is 15.5 Å². The molecule has 1 aliphatic heterocycles. The number of benzene rings is 1. The van der Waals surface area contributed by atoms with Crippen LogP contribution >= 0.6 is 11.8 Å². The van der Waals surface area contributed by atoms with Gasteiger partial charge in [-0.1, -0.05) is 36.4 Å². The Morgan fingerprint density at radius 3 is 2.47 bits per heavy atom. The fourth-order valence-electron chi connectivity index (χ4n) is 3.30. The molecule has 0 atom stereocenters. The van der Waals surface area contributed by atoms with Crippen molar-refractivity contribution >= 4 is 35.1 Å². The molecule has 0 unspecified atom stereocenters. The van der Waals surface area contributed by atoms with Gasteiger partial charge in [0.25, 0.3) is 0 Å². The third-order valence-corrected chi connectivity index (χ3v) is 5.97. The van der Waals surface area contributed by atoms with Crippen LogP contribution in [0.3, 0.4) is 0 Å². The highest BCUT2D eigenvalue weighted by atomic mass is 32.2. The van der Waals surface area contributed by atoms with Crippen molar-refractivity contribution in [3.63, 3.8) is 0 Å². The fraction of sp³-hybridized carbons (Fsp3) is 0.455. The van der Waals surface area contributed by atoms with E-state index in [4.69, 9.17) is 0 Å². The number of hydrogen-bond donors (Lipinski definition) is 2. The smallest absolute Gasteiger partial charge is 0.234 e. The molecule has 1 aromatic heterocycles. The minimum Gasteiger partial charge on any atom is -0.356 e. The molecule has 1 aromatic carbocycles. The van der Waals surface area contributed by atoms with Crippen LogP contribution in [0.25, 0.3) is 0 Å². The van der Waals surface area contributed by atoms with Crippen LogP contribution in [0.15, 0.2) is 41.4 Å². The maximum absolute atomic E-state index is 12.1. The van der Waals surface area contributed by atoms with Gasteiger partial charge in [0.05, 0.1) is 5.75 Å². The van der Waals surface area contributed by atoms with Gasteiger partial charge in [0.15, 0.2) is 5.82 Å². The Morgan fingerprint density at radius 2 is 1.83 bits per heavy atom. The van der Waals surface area contributed by atoms with Crippen LogP contribution in [0.5, 0.6) is 0 Å². The van der Waals surface area contributed by atoms with Gasteiger partial charge in [-0.05, 0) is 50.5 Å². The van der Waals surface area contributed by atoms with Gasteiger partial charge in [-0.25, -0.2) is 0 Å². The monoisotopic (exact) mass is 427 g/mol. The second-order valence-electron chi connectivity index (χ2n) is 7.48. The lowest BCUT2D eigenvalue weighted by Gasteiger charge is -2.31. The molecule has 0 aliphatic carbocycles. The van der Waals surface area contributed by atoms with Gasteiger partial charge in [-0.3, -0.25) is 9.59 Å². The normalized spacial score (nSPS) is 14.4. The SMILES string of the molecule is CCCNC(=O)C1CCN(c2ccc(SCC(=O)Nc3ccc(C)cc3)nn2)CC1. The number of piperidine rings is 1. The Morgan fingerprint density at radius 1 is 1.10 bits per heavy atom. The minimum atomic E-state index is -0.0712. The molecule has 0 spiro atoms.